The molecule has 0 radical (unpaired) electrons. The predicted molar refractivity (Wildman–Crippen MR) is 71.1 cm³/mol. The van der Waals surface area contributed by atoms with Crippen molar-refractivity contribution in [3.63, 3.8) is 0 Å². The Morgan fingerprint density at radius 3 is 3.12 bits per heavy atom. The van der Waals surface area contributed by atoms with Crippen molar-refractivity contribution in [2.24, 2.45) is 0 Å². The largest absolute Gasteiger partial charge is 0.372 e. The minimum Gasteiger partial charge on any atom is -0.372 e. The fourth-order valence-electron chi connectivity index (χ4n) is 2.51. The molecular formula is C15H21NO. The molecule has 0 spiro atoms. The summed E-state index contributed by atoms with van der Waals surface area (Å²) < 4.78 is 5.96. The first-order chi connectivity index (χ1) is 8.36. The number of fused-ring (bicyclic) bond motifs is 1. The highest BCUT2D eigenvalue weighted by Crippen LogP contribution is 2.30. The Hall–Kier alpha value is -1.12. The fourth-order valence-corrected chi connectivity index (χ4v) is 2.51. The molecule has 0 saturated carbocycles. The van der Waals surface area contributed by atoms with Crippen LogP contribution in [-0.2, 0) is 11.2 Å². The molecule has 2 nitrogen and oxygen atoms in total. The molecule has 0 saturated heterocycles. The smallest absolute Gasteiger partial charge is 0.0983 e. The van der Waals surface area contributed by atoms with Crippen molar-refractivity contribution in [2.75, 3.05) is 13.2 Å². The zero-order valence-electron chi connectivity index (χ0n) is 10.5. The molecule has 1 heterocycles. The van der Waals surface area contributed by atoms with E-state index >= 15 is 0 Å². The number of nitrogens with one attached hydrogen (secondary N) is 1. The van der Waals surface area contributed by atoms with Crippen molar-refractivity contribution in [1.82, 2.24) is 5.32 Å². The van der Waals surface area contributed by atoms with E-state index in [1.54, 1.807) is 0 Å². The van der Waals surface area contributed by atoms with Crippen LogP contribution in [0.1, 0.15) is 30.6 Å². The van der Waals surface area contributed by atoms with Gasteiger partial charge >= 0.3 is 0 Å². The van der Waals surface area contributed by atoms with Gasteiger partial charge in [0.15, 0.2) is 0 Å². The number of hydrogen-bond acceptors (Lipinski definition) is 2. The van der Waals surface area contributed by atoms with Gasteiger partial charge in [-0.2, -0.15) is 0 Å². The summed E-state index contributed by atoms with van der Waals surface area (Å²) in [4.78, 5) is 0. The van der Waals surface area contributed by atoms with E-state index in [4.69, 9.17) is 4.74 Å². The Morgan fingerprint density at radius 1 is 1.53 bits per heavy atom. The van der Waals surface area contributed by atoms with Gasteiger partial charge in [0.05, 0.1) is 12.7 Å². The Bertz CT molecular complexity index is 375. The van der Waals surface area contributed by atoms with Gasteiger partial charge in [0.1, 0.15) is 0 Å². The normalized spacial score (nSPS) is 20.6. The van der Waals surface area contributed by atoms with Gasteiger partial charge in [-0.25, -0.2) is 0 Å². The van der Waals surface area contributed by atoms with E-state index in [1.165, 1.54) is 11.1 Å². The van der Waals surface area contributed by atoms with Crippen LogP contribution < -0.4 is 5.32 Å². The van der Waals surface area contributed by atoms with E-state index in [0.717, 1.165) is 26.0 Å². The van der Waals surface area contributed by atoms with Crippen LogP contribution in [0.3, 0.4) is 0 Å². The first-order valence-electron chi connectivity index (χ1n) is 6.40. The number of hydrogen-bond donors (Lipinski definition) is 1. The molecule has 0 aliphatic carbocycles. The van der Waals surface area contributed by atoms with Gasteiger partial charge in [-0.1, -0.05) is 37.3 Å². The van der Waals surface area contributed by atoms with Crippen LogP contribution in [-0.4, -0.2) is 19.2 Å². The van der Waals surface area contributed by atoms with E-state index in [9.17, 15) is 0 Å². The first kappa shape index (κ1) is 12.3. The maximum absolute atomic E-state index is 5.96. The number of ether oxygens (including phenoxy) is 1. The number of likely N-dealkylation sites (N-methyl/N-ethyl adjacent to an activating group) is 1. The molecule has 17 heavy (non-hydrogen) atoms. The molecule has 2 rings (SSSR count). The van der Waals surface area contributed by atoms with Crippen LogP contribution in [0.2, 0.25) is 0 Å². The molecule has 1 aliphatic heterocycles. The summed E-state index contributed by atoms with van der Waals surface area (Å²) in [6.07, 6.45) is 4.10. The van der Waals surface area contributed by atoms with Crippen molar-refractivity contribution in [3.8, 4) is 0 Å². The van der Waals surface area contributed by atoms with Gasteiger partial charge in [-0.05, 0) is 30.5 Å². The number of benzene rings is 1. The van der Waals surface area contributed by atoms with Crippen molar-refractivity contribution in [3.05, 3.63) is 48.0 Å². The third kappa shape index (κ3) is 2.76. The average Bonchev–Trinajstić information content (AvgIpc) is 2.38. The summed E-state index contributed by atoms with van der Waals surface area (Å²) in [5.74, 6) is 0. The summed E-state index contributed by atoms with van der Waals surface area (Å²) >= 11 is 0. The van der Waals surface area contributed by atoms with E-state index in [1.807, 2.05) is 6.08 Å². The summed E-state index contributed by atoms with van der Waals surface area (Å²) in [5.41, 5.74) is 2.77. The highest BCUT2D eigenvalue weighted by molar-refractivity contribution is 5.32. The predicted octanol–water partition coefficient (Wildman–Crippen LogP) is 2.85. The molecule has 0 amide bonds. The molecule has 0 fully saturated rings. The SMILES string of the molecule is C=CCC(NCC)C1OCCc2ccccc21. The zero-order chi connectivity index (χ0) is 12.1. The molecule has 2 unspecified atom stereocenters. The van der Waals surface area contributed by atoms with E-state index in [0.29, 0.717) is 6.04 Å². The second-order valence-corrected chi connectivity index (χ2v) is 4.43. The molecular weight excluding hydrogens is 210 g/mol. The third-order valence-corrected chi connectivity index (χ3v) is 3.28. The van der Waals surface area contributed by atoms with E-state index in [-0.39, 0.29) is 6.10 Å². The van der Waals surface area contributed by atoms with Crippen LogP contribution in [0.25, 0.3) is 0 Å². The summed E-state index contributed by atoms with van der Waals surface area (Å²) in [5, 5.41) is 3.50. The quantitative estimate of drug-likeness (QED) is 0.787. The first-order valence-corrected chi connectivity index (χ1v) is 6.40. The maximum Gasteiger partial charge on any atom is 0.0983 e. The minimum absolute atomic E-state index is 0.165. The van der Waals surface area contributed by atoms with E-state index < -0.39 is 0 Å². The summed E-state index contributed by atoms with van der Waals surface area (Å²) in [6, 6.07) is 8.93. The Morgan fingerprint density at radius 2 is 2.35 bits per heavy atom. The van der Waals surface area contributed by atoms with Gasteiger partial charge < -0.3 is 10.1 Å². The molecule has 1 N–H and O–H groups in total. The third-order valence-electron chi connectivity index (χ3n) is 3.28. The monoisotopic (exact) mass is 231 g/mol. The van der Waals surface area contributed by atoms with Crippen LogP contribution in [0.5, 0.6) is 0 Å². The lowest BCUT2D eigenvalue weighted by molar-refractivity contribution is 0.0164. The Kier molecular flexibility index (Phi) is 4.35. The lowest BCUT2D eigenvalue weighted by Gasteiger charge is -2.32. The lowest BCUT2D eigenvalue weighted by atomic mass is 9.92. The van der Waals surface area contributed by atoms with Crippen LogP contribution >= 0.6 is 0 Å². The van der Waals surface area contributed by atoms with Gasteiger partial charge in [-0.3, -0.25) is 0 Å². The number of rotatable bonds is 5. The minimum atomic E-state index is 0.165. The van der Waals surface area contributed by atoms with Gasteiger partial charge in [0.25, 0.3) is 0 Å². The Labute approximate surface area is 104 Å². The molecule has 92 valence electrons. The maximum atomic E-state index is 5.96. The van der Waals surface area contributed by atoms with Crippen LogP contribution in [0, 0.1) is 0 Å². The van der Waals surface area contributed by atoms with Crippen LogP contribution in [0.4, 0.5) is 0 Å². The van der Waals surface area contributed by atoms with Crippen molar-refractivity contribution in [2.45, 2.75) is 31.9 Å². The highest BCUT2D eigenvalue weighted by atomic mass is 16.5. The molecule has 1 aromatic carbocycles. The molecule has 0 aromatic heterocycles. The Balaban J connectivity index is 2.23. The second kappa shape index (κ2) is 5.99. The molecule has 2 heteroatoms. The van der Waals surface area contributed by atoms with Crippen molar-refractivity contribution < 1.29 is 4.74 Å². The second-order valence-electron chi connectivity index (χ2n) is 4.43. The summed E-state index contributed by atoms with van der Waals surface area (Å²) in [6.45, 7) is 7.75. The van der Waals surface area contributed by atoms with Crippen LogP contribution in [0.15, 0.2) is 36.9 Å². The van der Waals surface area contributed by atoms with Gasteiger partial charge in [0, 0.05) is 6.04 Å². The molecule has 1 aromatic rings. The van der Waals surface area contributed by atoms with Crippen molar-refractivity contribution >= 4 is 0 Å². The average molecular weight is 231 g/mol. The molecule has 0 bridgehead atoms. The van der Waals surface area contributed by atoms with Gasteiger partial charge in [-0.15, -0.1) is 6.58 Å². The summed E-state index contributed by atoms with van der Waals surface area (Å²) in [7, 11) is 0. The zero-order valence-corrected chi connectivity index (χ0v) is 10.5. The standard InChI is InChI=1S/C15H21NO/c1-3-7-14(16-4-2)15-13-9-6-5-8-12(13)10-11-17-15/h3,5-6,8-9,14-16H,1,4,7,10-11H2,2H3. The van der Waals surface area contributed by atoms with E-state index in [2.05, 4.69) is 43.1 Å². The molecule has 2 atom stereocenters. The molecule has 1 aliphatic rings. The van der Waals surface area contributed by atoms with Gasteiger partial charge in [0.2, 0.25) is 0 Å². The lowest BCUT2D eigenvalue weighted by Crippen LogP contribution is -2.38. The fraction of sp³-hybridized carbons (Fsp3) is 0.467. The van der Waals surface area contributed by atoms with Crippen molar-refractivity contribution in [1.29, 1.82) is 0 Å². The highest BCUT2D eigenvalue weighted by Gasteiger charge is 2.27. The topological polar surface area (TPSA) is 21.3 Å².